The summed E-state index contributed by atoms with van der Waals surface area (Å²) in [6, 6.07) is 11.9. The number of rotatable bonds is 7. The van der Waals surface area contributed by atoms with Gasteiger partial charge in [0.05, 0.1) is 16.8 Å². The van der Waals surface area contributed by atoms with Crippen LogP contribution in [0.2, 0.25) is 0 Å². The van der Waals surface area contributed by atoms with Crippen molar-refractivity contribution in [3.8, 4) is 5.75 Å². The number of carbonyl (C=O) groups excluding carboxylic acids is 2. The number of anilines is 1. The van der Waals surface area contributed by atoms with E-state index in [0.717, 1.165) is 23.0 Å². The summed E-state index contributed by atoms with van der Waals surface area (Å²) < 4.78 is 41.4. The highest BCUT2D eigenvalue weighted by atomic mass is 32.1. The van der Waals surface area contributed by atoms with E-state index in [1.165, 1.54) is 12.1 Å². The summed E-state index contributed by atoms with van der Waals surface area (Å²) in [4.78, 5) is 28.6. The van der Waals surface area contributed by atoms with Gasteiger partial charge in [0, 0.05) is 12.5 Å². The molecule has 0 bridgehead atoms. The van der Waals surface area contributed by atoms with Gasteiger partial charge in [-0.1, -0.05) is 41.7 Å². The molecule has 4 N–H and O–H groups in total. The fraction of sp³-hybridized carbons (Fsp3) is 0.211. The van der Waals surface area contributed by atoms with Crippen LogP contribution in [0.4, 0.5) is 18.3 Å². The van der Waals surface area contributed by atoms with Crippen LogP contribution in [0, 0.1) is 0 Å². The molecule has 1 atom stereocenters. The van der Waals surface area contributed by atoms with Crippen molar-refractivity contribution in [2.45, 2.75) is 18.8 Å². The van der Waals surface area contributed by atoms with Crippen molar-refractivity contribution in [2.24, 2.45) is 5.73 Å². The lowest BCUT2D eigenvalue weighted by atomic mass is 10.1. The molecule has 1 heterocycles. The minimum absolute atomic E-state index is 0.180. The lowest BCUT2D eigenvalue weighted by Crippen LogP contribution is -2.47. The van der Waals surface area contributed by atoms with Crippen LogP contribution in [0.25, 0.3) is 10.2 Å². The first kappa shape index (κ1) is 21.5. The average Bonchev–Trinajstić information content (AvgIpc) is 3.08. The summed E-state index contributed by atoms with van der Waals surface area (Å²) in [5.74, 6) is -1.40. The van der Waals surface area contributed by atoms with Crippen LogP contribution < -0.4 is 21.1 Å². The molecule has 0 spiro atoms. The molecule has 2 amide bonds. The number of benzene rings is 2. The third-order valence-corrected chi connectivity index (χ3v) is 4.88. The first-order valence-corrected chi connectivity index (χ1v) is 9.56. The van der Waals surface area contributed by atoms with Crippen molar-refractivity contribution < 1.29 is 27.5 Å². The van der Waals surface area contributed by atoms with E-state index < -0.39 is 24.2 Å². The van der Waals surface area contributed by atoms with Crippen LogP contribution in [0.5, 0.6) is 5.75 Å². The van der Waals surface area contributed by atoms with E-state index in [2.05, 4.69) is 20.4 Å². The van der Waals surface area contributed by atoms with Crippen molar-refractivity contribution in [3.63, 3.8) is 0 Å². The maximum atomic E-state index is 12.7. The second-order valence-electron chi connectivity index (χ2n) is 6.20. The molecule has 7 nitrogen and oxygen atoms in total. The Morgan fingerprint density at radius 3 is 2.57 bits per heavy atom. The number of thiazole rings is 1. The molecule has 0 aliphatic heterocycles. The zero-order chi connectivity index (χ0) is 21.7. The highest BCUT2D eigenvalue weighted by Crippen LogP contribution is 2.31. The first-order valence-electron chi connectivity index (χ1n) is 8.74. The Hall–Kier alpha value is -3.18. The Bertz CT molecular complexity index is 1040. The summed E-state index contributed by atoms with van der Waals surface area (Å²) in [5.41, 5.74) is 6.55. The lowest BCUT2D eigenvalue weighted by Gasteiger charge is -2.17. The number of fused-ring (bicyclic) bond motifs is 1. The third-order valence-electron chi connectivity index (χ3n) is 3.94. The molecular weight excluding hydrogens is 421 g/mol. The van der Waals surface area contributed by atoms with Crippen LogP contribution in [0.15, 0.2) is 48.5 Å². The van der Waals surface area contributed by atoms with Crippen LogP contribution >= 0.6 is 11.3 Å². The first-order chi connectivity index (χ1) is 14.2. The van der Waals surface area contributed by atoms with Gasteiger partial charge in [-0.25, -0.2) is 4.98 Å². The van der Waals surface area contributed by atoms with Gasteiger partial charge in [-0.3, -0.25) is 9.59 Å². The quantitative estimate of drug-likeness (QED) is 0.526. The van der Waals surface area contributed by atoms with Gasteiger partial charge in [-0.05, 0) is 17.7 Å². The number of amides is 2. The Morgan fingerprint density at radius 2 is 1.90 bits per heavy atom. The van der Waals surface area contributed by atoms with E-state index >= 15 is 0 Å². The van der Waals surface area contributed by atoms with E-state index in [4.69, 9.17) is 5.73 Å². The number of alkyl halides is 3. The fourth-order valence-corrected chi connectivity index (χ4v) is 3.56. The standard InChI is InChI=1S/C19H17F3N4O3S/c20-19(21,22)29-12-6-7-13-15(9-12)30-18(25-13)26-17(28)14(24-16(27)10-23)8-11-4-2-1-3-5-11/h1-7,9,14H,8,10,23H2,(H,24,27)(H,25,26,28)/t14-/m0/s1. The molecule has 1 aromatic heterocycles. The van der Waals surface area contributed by atoms with E-state index in [0.29, 0.717) is 10.2 Å². The molecule has 0 aliphatic carbocycles. The third kappa shape index (κ3) is 5.91. The van der Waals surface area contributed by atoms with Gasteiger partial charge in [0.1, 0.15) is 11.8 Å². The van der Waals surface area contributed by atoms with E-state index in [1.807, 2.05) is 30.3 Å². The Balaban J connectivity index is 1.76. The molecule has 11 heteroatoms. The Morgan fingerprint density at radius 1 is 1.17 bits per heavy atom. The van der Waals surface area contributed by atoms with Gasteiger partial charge in [0.15, 0.2) is 5.13 Å². The molecule has 2 aromatic carbocycles. The smallest absolute Gasteiger partial charge is 0.406 e. The van der Waals surface area contributed by atoms with Crippen molar-refractivity contribution in [3.05, 3.63) is 54.1 Å². The second kappa shape index (κ2) is 9.09. The molecule has 0 fully saturated rings. The molecule has 3 aromatic rings. The highest BCUT2D eigenvalue weighted by Gasteiger charge is 2.31. The monoisotopic (exact) mass is 438 g/mol. The number of nitrogens with one attached hydrogen (secondary N) is 2. The van der Waals surface area contributed by atoms with Gasteiger partial charge >= 0.3 is 6.36 Å². The Labute approximate surface area is 173 Å². The number of nitrogens with two attached hydrogens (primary N) is 1. The summed E-state index contributed by atoms with van der Waals surface area (Å²) in [5, 5.41) is 5.34. The van der Waals surface area contributed by atoms with Crippen LogP contribution in [-0.2, 0) is 16.0 Å². The maximum absolute atomic E-state index is 12.7. The molecule has 158 valence electrons. The summed E-state index contributed by atoms with van der Waals surface area (Å²) >= 11 is 0.986. The number of carbonyl (C=O) groups is 2. The molecule has 0 aliphatic rings. The molecule has 0 saturated carbocycles. The molecule has 0 radical (unpaired) electrons. The predicted octanol–water partition coefficient (Wildman–Crippen LogP) is 2.82. The fourth-order valence-electron chi connectivity index (χ4n) is 2.66. The van der Waals surface area contributed by atoms with Crippen molar-refractivity contribution in [1.29, 1.82) is 0 Å². The Kier molecular flexibility index (Phi) is 6.53. The van der Waals surface area contributed by atoms with Crippen LogP contribution in [-0.4, -0.2) is 35.7 Å². The minimum Gasteiger partial charge on any atom is -0.406 e. The van der Waals surface area contributed by atoms with Crippen molar-refractivity contribution in [2.75, 3.05) is 11.9 Å². The normalized spacial score (nSPS) is 12.4. The largest absolute Gasteiger partial charge is 0.573 e. The minimum atomic E-state index is -4.80. The molecule has 0 saturated heterocycles. The number of aromatic nitrogens is 1. The predicted molar refractivity (Wildman–Crippen MR) is 106 cm³/mol. The molecule has 30 heavy (non-hydrogen) atoms. The zero-order valence-corrected chi connectivity index (χ0v) is 16.2. The van der Waals surface area contributed by atoms with Crippen LogP contribution in [0.3, 0.4) is 0 Å². The number of hydrogen-bond acceptors (Lipinski definition) is 6. The van der Waals surface area contributed by atoms with Gasteiger partial charge in [0.25, 0.3) is 0 Å². The van der Waals surface area contributed by atoms with Gasteiger partial charge in [-0.15, -0.1) is 13.2 Å². The molecule has 0 unspecified atom stereocenters. The SMILES string of the molecule is NCC(=O)N[C@@H](Cc1ccccc1)C(=O)Nc1nc2ccc(OC(F)(F)F)cc2s1. The lowest BCUT2D eigenvalue weighted by molar-refractivity contribution is -0.274. The topological polar surface area (TPSA) is 106 Å². The van der Waals surface area contributed by atoms with Gasteiger partial charge in [-0.2, -0.15) is 0 Å². The van der Waals surface area contributed by atoms with Gasteiger partial charge in [0.2, 0.25) is 11.8 Å². The number of halogens is 3. The van der Waals surface area contributed by atoms with Crippen molar-refractivity contribution in [1.82, 2.24) is 10.3 Å². The van der Waals surface area contributed by atoms with Crippen molar-refractivity contribution >= 4 is 38.5 Å². The maximum Gasteiger partial charge on any atom is 0.573 e. The summed E-state index contributed by atoms with van der Waals surface area (Å²) in [6.07, 6.45) is -4.58. The summed E-state index contributed by atoms with van der Waals surface area (Å²) in [7, 11) is 0. The summed E-state index contributed by atoms with van der Waals surface area (Å²) in [6.45, 7) is -0.276. The zero-order valence-electron chi connectivity index (χ0n) is 15.4. The number of hydrogen-bond donors (Lipinski definition) is 3. The molecule has 3 rings (SSSR count). The van der Waals surface area contributed by atoms with E-state index in [9.17, 15) is 22.8 Å². The highest BCUT2D eigenvalue weighted by molar-refractivity contribution is 7.22. The van der Waals surface area contributed by atoms with Gasteiger partial charge < -0.3 is 21.1 Å². The second-order valence-corrected chi connectivity index (χ2v) is 7.23. The average molecular weight is 438 g/mol. The van der Waals surface area contributed by atoms with E-state index in [1.54, 1.807) is 0 Å². The molecular formula is C19H17F3N4O3S. The van der Waals surface area contributed by atoms with E-state index in [-0.39, 0.29) is 23.8 Å². The number of ether oxygens (including phenoxy) is 1. The number of nitrogens with zero attached hydrogens (tertiary/aromatic N) is 1. The van der Waals surface area contributed by atoms with Crippen LogP contribution in [0.1, 0.15) is 5.56 Å².